The van der Waals surface area contributed by atoms with Crippen molar-refractivity contribution in [3.8, 4) is 0 Å². The molecular formula is C14H27NO4. The number of rotatable bonds is 8. The third kappa shape index (κ3) is 13.1. The molecule has 0 unspecified atom stereocenters. The van der Waals surface area contributed by atoms with Gasteiger partial charge in [0, 0.05) is 19.6 Å². The molecule has 0 heterocycles. The fraction of sp³-hybridized carbons (Fsp3) is 0.857. The van der Waals surface area contributed by atoms with E-state index in [1.54, 1.807) is 20.8 Å². The van der Waals surface area contributed by atoms with Crippen molar-refractivity contribution >= 4 is 11.9 Å². The molecule has 1 amide bonds. The molecule has 0 spiro atoms. The smallest absolute Gasteiger partial charge is 0.306 e. The highest BCUT2D eigenvalue weighted by Gasteiger charge is 2.16. The fourth-order valence-corrected chi connectivity index (χ4v) is 1.28. The minimum atomic E-state index is -0.502. The third-order valence-corrected chi connectivity index (χ3v) is 2.00. The van der Waals surface area contributed by atoms with Gasteiger partial charge in [0.1, 0.15) is 5.60 Å². The Morgan fingerprint density at radius 3 is 2.32 bits per heavy atom. The van der Waals surface area contributed by atoms with Gasteiger partial charge in [-0.2, -0.15) is 0 Å². The lowest BCUT2D eigenvalue weighted by Gasteiger charge is -2.19. The van der Waals surface area contributed by atoms with Gasteiger partial charge < -0.3 is 14.8 Å². The van der Waals surface area contributed by atoms with Crippen molar-refractivity contribution in [1.29, 1.82) is 0 Å². The Kier molecular flexibility index (Phi) is 8.39. The minimum absolute atomic E-state index is 0.107. The summed E-state index contributed by atoms with van der Waals surface area (Å²) < 4.78 is 10.4. The lowest BCUT2D eigenvalue weighted by Crippen LogP contribution is -2.29. The summed E-state index contributed by atoms with van der Waals surface area (Å²) in [4.78, 5) is 22.8. The number of nitrogens with one attached hydrogen (secondary N) is 1. The lowest BCUT2D eigenvalue weighted by atomic mass is 10.2. The molecule has 0 aromatic rings. The molecule has 1 N–H and O–H groups in total. The van der Waals surface area contributed by atoms with E-state index < -0.39 is 5.60 Å². The van der Waals surface area contributed by atoms with Crippen LogP contribution in [0.2, 0.25) is 0 Å². The molecule has 5 heteroatoms. The van der Waals surface area contributed by atoms with Crippen molar-refractivity contribution in [2.45, 2.75) is 53.1 Å². The molecule has 0 radical (unpaired) electrons. The molecule has 0 aliphatic rings. The number of hydrogen-bond acceptors (Lipinski definition) is 4. The summed E-state index contributed by atoms with van der Waals surface area (Å²) >= 11 is 0. The van der Waals surface area contributed by atoms with Crippen LogP contribution in [-0.2, 0) is 19.1 Å². The fourth-order valence-electron chi connectivity index (χ4n) is 1.28. The lowest BCUT2D eigenvalue weighted by molar-refractivity contribution is -0.155. The maximum Gasteiger partial charge on any atom is 0.306 e. The first-order valence-corrected chi connectivity index (χ1v) is 6.77. The number of ether oxygens (including phenoxy) is 2. The van der Waals surface area contributed by atoms with Crippen LogP contribution in [0.1, 0.15) is 47.5 Å². The second kappa shape index (κ2) is 8.91. The van der Waals surface area contributed by atoms with E-state index in [9.17, 15) is 9.59 Å². The van der Waals surface area contributed by atoms with Gasteiger partial charge in [0.2, 0.25) is 5.91 Å². The zero-order valence-corrected chi connectivity index (χ0v) is 12.7. The van der Waals surface area contributed by atoms with E-state index in [2.05, 4.69) is 19.2 Å². The van der Waals surface area contributed by atoms with Crippen molar-refractivity contribution < 1.29 is 19.1 Å². The van der Waals surface area contributed by atoms with E-state index in [0.717, 1.165) is 0 Å². The molecule has 0 aromatic heterocycles. The Morgan fingerprint density at radius 2 is 1.79 bits per heavy atom. The third-order valence-electron chi connectivity index (χ3n) is 2.00. The Balaban J connectivity index is 3.57. The summed E-state index contributed by atoms with van der Waals surface area (Å²) in [6.07, 6.45) is 0.259. The average Bonchev–Trinajstić information content (AvgIpc) is 2.23. The largest absolute Gasteiger partial charge is 0.460 e. The Bertz CT molecular complexity index is 282. The molecule has 0 fully saturated rings. The van der Waals surface area contributed by atoms with Gasteiger partial charge in [-0.05, 0) is 26.7 Å². The average molecular weight is 273 g/mol. The number of amides is 1. The second-order valence-electron chi connectivity index (χ2n) is 5.91. The zero-order valence-electron chi connectivity index (χ0n) is 12.7. The zero-order chi connectivity index (χ0) is 14.9. The quantitative estimate of drug-likeness (QED) is 0.542. The summed E-state index contributed by atoms with van der Waals surface area (Å²) in [6.45, 7) is 11.2. The monoisotopic (exact) mass is 273 g/mol. The summed E-state index contributed by atoms with van der Waals surface area (Å²) in [5, 5.41) is 2.70. The summed E-state index contributed by atoms with van der Waals surface area (Å²) in [7, 11) is 0. The highest BCUT2D eigenvalue weighted by molar-refractivity contribution is 5.81. The van der Waals surface area contributed by atoms with Gasteiger partial charge in [0.05, 0.1) is 13.0 Å². The Labute approximate surface area is 116 Å². The van der Waals surface area contributed by atoms with E-state index in [1.165, 1.54) is 0 Å². The SMILES string of the molecule is CC(C)COCCNC(=O)CCC(=O)OC(C)(C)C. The van der Waals surface area contributed by atoms with Crippen LogP contribution in [0.15, 0.2) is 0 Å². The van der Waals surface area contributed by atoms with Crippen molar-refractivity contribution in [2.75, 3.05) is 19.8 Å². The van der Waals surface area contributed by atoms with Gasteiger partial charge in [0.25, 0.3) is 0 Å². The van der Waals surface area contributed by atoms with Crippen LogP contribution in [0.25, 0.3) is 0 Å². The molecule has 0 rings (SSSR count). The normalized spacial score (nSPS) is 11.5. The van der Waals surface area contributed by atoms with Crippen LogP contribution in [0.5, 0.6) is 0 Å². The molecule has 0 atom stereocenters. The van der Waals surface area contributed by atoms with Gasteiger partial charge in [-0.25, -0.2) is 0 Å². The van der Waals surface area contributed by atoms with Crippen LogP contribution in [0, 0.1) is 5.92 Å². The van der Waals surface area contributed by atoms with Gasteiger partial charge in [-0.15, -0.1) is 0 Å². The van der Waals surface area contributed by atoms with Crippen LogP contribution < -0.4 is 5.32 Å². The predicted octanol–water partition coefficient (Wildman–Crippen LogP) is 1.90. The van der Waals surface area contributed by atoms with Crippen molar-refractivity contribution in [3.05, 3.63) is 0 Å². The van der Waals surface area contributed by atoms with Crippen molar-refractivity contribution in [3.63, 3.8) is 0 Å². The molecule has 0 saturated heterocycles. The van der Waals surface area contributed by atoms with Gasteiger partial charge in [0.15, 0.2) is 0 Å². The van der Waals surface area contributed by atoms with E-state index in [4.69, 9.17) is 9.47 Å². The number of esters is 1. The highest BCUT2D eigenvalue weighted by Crippen LogP contribution is 2.08. The Hall–Kier alpha value is -1.10. The minimum Gasteiger partial charge on any atom is -0.460 e. The van der Waals surface area contributed by atoms with E-state index in [-0.39, 0.29) is 24.7 Å². The standard InChI is InChI=1S/C14H27NO4/c1-11(2)10-18-9-8-15-12(16)6-7-13(17)19-14(3,4)5/h11H,6-10H2,1-5H3,(H,15,16). The molecule has 112 valence electrons. The van der Waals surface area contributed by atoms with Gasteiger partial charge >= 0.3 is 5.97 Å². The van der Waals surface area contributed by atoms with Crippen molar-refractivity contribution in [2.24, 2.45) is 5.92 Å². The van der Waals surface area contributed by atoms with Gasteiger partial charge in [-0.1, -0.05) is 13.8 Å². The number of carbonyl (C=O) groups excluding carboxylic acids is 2. The molecule has 0 aromatic carbocycles. The molecule has 0 bridgehead atoms. The topological polar surface area (TPSA) is 64.6 Å². The molecule has 0 saturated carbocycles. The van der Waals surface area contributed by atoms with Crippen LogP contribution in [0.4, 0.5) is 0 Å². The summed E-state index contributed by atoms with van der Waals surface area (Å²) in [6, 6.07) is 0. The second-order valence-corrected chi connectivity index (χ2v) is 5.91. The van der Waals surface area contributed by atoms with E-state index in [1.807, 2.05) is 0 Å². The maximum absolute atomic E-state index is 11.4. The van der Waals surface area contributed by atoms with Crippen LogP contribution in [-0.4, -0.2) is 37.2 Å². The molecule has 0 aliphatic carbocycles. The molecule has 19 heavy (non-hydrogen) atoms. The Morgan fingerprint density at radius 1 is 1.16 bits per heavy atom. The van der Waals surface area contributed by atoms with Crippen LogP contribution >= 0.6 is 0 Å². The first kappa shape index (κ1) is 17.9. The van der Waals surface area contributed by atoms with Crippen LogP contribution in [0.3, 0.4) is 0 Å². The molecule has 5 nitrogen and oxygen atoms in total. The maximum atomic E-state index is 11.4. The molecule has 0 aliphatic heterocycles. The predicted molar refractivity (Wildman–Crippen MR) is 73.7 cm³/mol. The van der Waals surface area contributed by atoms with Crippen molar-refractivity contribution in [1.82, 2.24) is 5.32 Å². The summed E-state index contributed by atoms with van der Waals surface area (Å²) in [5.74, 6) is -0.0133. The number of carbonyl (C=O) groups is 2. The highest BCUT2D eigenvalue weighted by atomic mass is 16.6. The van der Waals surface area contributed by atoms with E-state index in [0.29, 0.717) is 25.7 Å². The van der Waals surface area contributed by atoms with E-state index >= 15 is 0 Å². The summed E-state index contributed by atoms with van der Waals surface area (Å²) in [5.41, 5.74) is -0.502. The van der Waals surface area contributed by atoms with Gasteiger partial charge in [-0.3, -0.25) is 9.59 Å². The molecular weight excluding hydrogens is 246 g/mol. The first-order chi connectivity index (χ1) is 8.70. The first-order valence-electron chi connectivity index (χ1n) is 6.77. The number of hydrogen-bond donors (Lipinski definition) is 1.